The molecule has 0 spiro atoms. The van der Waals surface area contributed by atoms with Crippen molar-refractivity contribution in [3.05, 3.63) is 41.4 Å². The van der Waals surface area contributed by atoms with E-state index in [0.717, 1.165) is 10.2 Å². The third-order valence-corrected chi connectivity index (χ3v) is 4.67. The van der Waals surface area contributed by atoms with E-state index in [0.29, 0.717) is 40.6 Å². The minimum atomic E-state index is -0.286. The van der Waals surface area contributed by atoms with Crippen LogP contribution in [0.5, 0.6) is 17.2 Å². The van der Waals surface area contributed by atoms with Crippen LogP contribution in [-0.2, 0) is 4.79 Å². The van der Waals surface area contributed by atoms with E-state index >= 15 is 0 Å². The van der Waals surface area contributed by atoms with Gasteiger partial charge in [-0.05, 0) is 24.3 Å². The first kappa shape index (κ1) is 16.0. The predicted octanol–water partition coefficient (Wildman–Crippen LogP) is 3.74. The number of hydrogen-bond donors (Lipinski definition) is 1. The molecule has 1 aliphatic heterocycles. The summed E-state index contributed by atoms with van der Waals surface area (Å²) in [4.78, 5) is 16.4. The number of carbonyl (C=O) groups excluding carboxylic acids is 1. The van der Waals surface area contributed by atoms with Gasteiger partial charge in [-0.25, -0.2) is 4.98 Å². The summed E-state index contributed by atoms with van der Waals surface area (Å²) in [5, 5.41) is 3.85. The minimum Gasteiger partial charge on any atom is -0.486 e. The number of amides is 1. The SMILES string of the molecule is O=C(COc1ccc(Cl)cc1)Nc1nc2cc3c(cc2s1)OCCO3. The van der Waals surface area contributed by atoms with Crippen LogP contribution in [0.2, 0.25) is 5.02 Å². The summed E-state index contributed by atoms with van der Waals surface area (Å²) in [6, 6.07) is 10.5. The van der Waals surface area contributed by atoms with Gasteiger partial charge in [0.15, 0.2) is 23.2 Å². The molecule has 2 heterocycles. The molecule has 0 saturated carbocycles. The maximum absolute atomic E-state index is 12.0. The average Bonchev–Trinajstić information content (AvgIpc) is 3.00. The van der Waals surface area contributed by atoms with Crippen LogP contribution in [0.3, 0.4) is 0 Å². The Hall–Kier alpha value is -2.51. The average molecular weight is 377 g/mol. The Labute approximate surface area is 152 Å². The third-order valence-electron chi connectivity index (χ3n) is 3.48. The van der Waals surface area contributed by atoms with Gasteiger partial charge < -0.3 is 14.2 Å². The number of hydrogen-bond acceptors (Lipinski definition) is 6. The molecule has 2 aromatic carbocycles. The molecule has 0 unspecified atom stereocenters. The number of anilines is 1. The number of fused-ring (bicyclic) bond motifs is 2. The monoisotopic (exact) mass is 376 g/mol. The van der Waals surface area contributed by atoms with Gasteiger partial charge in [0.25, 0.3) is 5.91 Å². The number of ether oxygens (including phenoxy) is 3. The molecule has 1 N–H and O–H groups in total. The van der Waals surface area contributed by atoms with Gasteiger partial charge in [0.05, 0.1) is 10.2 Å². The molecule has 0 saturated heterocycles. The smallest absolute Gasteiger partial charge is 0.264 e. The molecule has 0 aliphatic carbocycles. The molecular formula is C17H13ClN2O4S. The summed E-state index contributed by atoms with van der Waals surface area (Å²) in [5.41, 5.74) is 0.753. The van der Waals surface area contributed by atoms with Crippen LogP contribution in [0.1, 0.15) is 0 Å². The van der Waals surface area contributed by atoms with E-state index in [1.54, 1.807) is 24.3 Å². The van der Waals surface area contributed by atoms with Crippen molar-refractivity contribution in [2.75, 3.05) is 25.1 Å². The number of aromatic nitrogens is 1. The lowest BCUT2D eigenvalue weighted by molar-refractivity contribution is -0.118. The number of nitrogens with one attached hydrogen (secondary N) is 1. The van der Waals surface area contributed by atoms with Crippen molar-refractivity contribution in [2.24, 2.45) is 0 Å². The second-order valence-corrected chi connectivity index (χ2v) is 6.74. The molecule has 1 amide bonds. The van der Waals surface area contributed by atoms with Crippen LogP contribution in [0.15, 0.2) is 36.4 Å². The molecule has 3 aromatic rings. The van der Waals surface area contributed by atoms with E-state index in [-0.39, 0.29) is 12.5 Å². The Kier molecular flexibility index (Phi) is 4.33. The maximum Gasteiger partial charge on any atom is 0.264 e. The highest BCUT2D eigenvalue weighted by molar-refractivity contribution is 7.22. The molecule has 1 aromatic heterocycles. The maximum atomic E-state index is 12.0. The number of thiazole rings is 1. The zero-order valence-electron chi connectivity index (χ0n) is 13.0. The second kappa shape index (κ2) is 6.78. The molecule has 0 bridgehead atoms. The van der Waals surface area contributed by atoms with Gasteiger partial charge in [-0.3, -0.25) is 10.1 Å². The highest BCUT2D eigenvalue weighted by atomic mass is 35.5. The molecule has 4 rings (SSSR count). The van der Waals surface area contributed by atoms with E-state index < -0.39 is 0 Å². The highest BCUT2D eigenvalue weighted by Crippen LogP contribution is 2.37. The molecule has 0 radical (unpaired) electrons. The Morgan fingerprint density at radius 1 is 1.20 bits per heavy atom. The van der Waals surface area contributed by atoms with Crippen LogP contribution in [-0.4, -0.2) is 30.7 Å². The summed E-state index contributed by atoms with van der Waals surface area (Å²) in [6.07, 6.45) is 0. The summed E-state index contributed by atoms with van der Waals surface area (Å²) in [7, 11) is 0. The zero-order valence-corrected chi connectivity index (χ0v) is 14.5. The molecule has 128 valence electrons. The quantitative estimate of drug-likeness (QED) is 0.751. The predicted molar refractivity (Wildman–Crippen MR) is 96.2 cm³/mol. The Bertz CT molecular complexity index is 883. The van der Waals surface area contributed by atoms with Gasteiger partial charge in [-0.1, -0.05) is 22.9 Å². The molecule has 0 fully saturated rings. The van der Waals surface area contributed by atoms with E-state index in [1.807, 2.05) is 12.1 Å². The highest BCUT2D eigenvalue weighted by Gasteiger charge is 2.16. The van der Waals surface area contributed by atoms with Crippen LogP contribution in [0.25, 0.3) is 10.2 Å². The zero-order chi connectivity index (χ0) is 17.2. The van der Waals surface area contributed by atoms with E-state index in [9.17, 15) is 4.79 Å². The molecule has 6 nitrogen and oxygen atoms in total. The van der Waals surface area contributed by atoms with E-state index in [1.165, 1.54) is 11.3 Å². The Morgan fingerprint density at radius 2 is 1.92 bits per heavy atom. The largest absolute Gasteiger partial charge is 0.486 e. The molecule has 0 atom stereocenters. The van der Waals surface area contributed by atoms with Crippen molar-refractivity contribution in [3.8, 4) is 17.2 Å². The number of rotatable bonds is 4. The minimum absolute atomic E-state index is 0.111. The van der Waals surface area contributed by atoms with Gasteiger partial charge in [-0.15, -0.1) is 0 Å². The lowest BCUT2D eigenvalue weighted by Gasteiger charge is -2.17. The summed E-state index contributed by atoms with van der Waals surface area (Å²) in [5.74, 6) is 1.66. The molecule has 8 heteroatoms. The summed E-state index contributed by atoms with van der Waals surface area (Å²) in [6.45, 7) is 0.942. The Morgan fingerprint density at radius 3 is 2.68 bits per heavy atom. The lowest BCUT2D eigenvalue weighted by Crippen LogP contribution is -2.19. The van der Waals surface area contributed by atoms with Crippen molar-refractivity contribution < 1.29 is 19.0 Å². The fourth-order valence-corrected chi connectivity index (χ4v) is 3.37. The van der Waals surface area contributed by atoms with Gasteiger partial charge in [0.1, 0.15) is 19.0 Å². The first-order valence-corrected chi connectivity index (χ1v) is 8.75. The van der Waals surface area contributed by atoms with Crippen molar-refractivity contribution in [1.29, 1.82) is 0 Å². The molecule has 1 aliphatic rings. The molecular weight excluding hydrogens is 364 g/mol. The first-order chi connectivity index (χ1) is 12.2. The van der Waals surface area contributed by atoms with Gasteiger partial charge in [0, 0.05) is 17.2 Å². The normalized spacial score (nSPS) is 12.8. The molecule has 25 heavy (non-hydrogen) atoms. The topological polar surface area (TPSA) is 69.7 Å². The van der Waals surface area contributed by atoms with Crippen molar-refractivity contribution >= 4 is 44.2 Å². The van der Waals surface area contributed by atoms with Crippen LogP contribution in [0.4, 0.5) is 5.13 Å². The Balaban J connectivity index is 1.43. The van der Waals surface area contributed by atoms with Crippen LogP contribution >= 0.6 is 22.9 Å². The van der Waals surface area contributed by atoms with Crippen molar-refractivity contribution in [3.63, 3.8) is 0 Å². The van der Waals surface area contributed by atoms with Gasteiger partial charge in [-0.2, -0.15) is 0 Å². The van der Waals surface area contributed by atoms with Crippen LogP contribution < -0.4 is 19.5 Å². The fourth-order valence-electron chi connectivity index (χ4n) is 2.35. The number of halogens is 1. The summed E-state index contributed by atoms with van der Waals surface area (Å²) < 4.78 is 17.4. The number of nitrogens with zero attached hydrogens (tertiary/aromatic N) is 1. The third kappa shape index (κ3) is 3.62. The van der Waals surface area contributed by atoms with E-state index in [4.69, 9.17) is 25.8 Å². The first-order valence-electron chi connectivity index (χ1n) is 7.56. The van der Waals surface area contributed by atoms with Crippen LogP contribution in [0, 0.1) is 0 Å². The van der Waals surface area contributed by atoms with Gasteiger partial charge >= 0.3 is 0 Å². The van der Waals surface area contributed by atoms with Crippen molar-refractivity contribution in [2.45, 2.75) is 0 Å². The number of carbonyl (C=O) groups is 1. The number of benzene rings is 2. The fraction of sp³-hybridized carbons (Fsp3) is 0.176. The lowest BCUT2D eigenvalue weighted by atomic mass is 10.3. The summed E-state index contributed by atoms with van der Waals surface area (Å²) >= 11 is 7.18. The van der Waals surface area contributed by atoms with Gasteiger partial charge in [0.2, 0.25) is 0 Å². The van der Waals surface area contributed by atoms with Crippen molar-refractivity contribution in [1.82, 2.24) is 4.98 Å². The van der Waals surface area contributed by atoms with E-state index in [2.05, 4.69) is 10.3 Å². The standard InChI is InChI=1S/C17H13ClN2O4S/c18-10-1-3-11(4-2-10)24-9-16(21)20-17-19-12-7-13-14(8-15(12)25-17)23-6-5-22-13/h1-4,7-8H,5-6,9H2,(H,19,20,21). The second-order valence-electron chi connectivity index (χ2n) is 5.27.